The molecule has 0 spiro atoms. The Bertz CT molecular complexity index is 774. The van der Waals surface area contributed by atoms with Gasteiger partial charge in [0.25, 0.3) is 11.8 Å². The van der Waals surface area contributed by atoms with Gasteiger partial charge >= 0.3 is 55.6 Å². The Labute approximate surface area is 220 Å². The van der Waals surface area contributed by atoms with E-state index in [0.29, 0.717) is 14.5 Å². The van der Waals surface area contributed by atoms with Crippen molar-refractivity contribution >= 4 is 57.9 Å². The van der Waals surface area contributed by atoms with E-state index in [4.69, 9.17) is 19.0 Å². The number of imide groups is 1. The summed E-state index contributed by atoms with van der Waals surface area (Å²) in [5, 5.41) is 0.482. The van der Waals surface area contributed by atoms with Gasteiger partial charge in [0.05, 0.1) is 11.0 Å². The second kappa shape index (κ2) is 9.44. The molecule has 0 aromatic heterocycles. The van der Waals surface area contributed by atoms with Gasteiger partial charge in [-0.1, -0.05) is 18.9 Å². The number of halogens is 2. The normalized spacial score (nSPS) is 35.9. The molecule has 3 aliphatic rings. The average molecular weight is 717 g/mol. The second-order valence-electron chi connectivity index (χ2n) is 10.0. The third kappa shape index (κ3) is 4.16. The first-order chi connectivity index (χ1) is 13.9. The molecule has 0 bridgehead atoms. The molecule has 3 atom stereocenters. The number of fused-ring (bicyclic) bond motifs is 1. The molecule has 3 saturated heterocycles. The standard InChI is InChI=1S/C20H31NO7.CH3.2HI.V/c1-15(2)16(3,4)27-20(9)18(15,7)19(8,17(5,6)28-20)25-14(24)26-21-12(22)10-11-13(21)23;;;;/h10-11H2,1-9H3;1H3;2*1H;/q;-1;;;+2/p-2/t18-,19-,20+;;;;/m0..../s1. The van der Waals surface area contributed by atoms with Crippen molar-refractivity contribution in [3.63, 3.8) is 0 Å². The fourth-order valence-corrected chi connectivity index (χ4v) is 5.37. The van der Waals surface area contributed by atoms with Crippen molar-refractivity contribution in [3.8, 4) is 0 Å². The number of carbonyl (C=O) groups is 3. The van der Waals surface area contributed by atoms with Crippen LogP contribution in [0.15, 0.2) is 0 Å². The first-order valence-corrected chi connectivity index (χ1v) is 19.0. The van der Waals surface area contributed by atoms with Gasteiger partial charge in [-0.25, -0.2) is 4.79 Å². The zero-order valence-corrected chi connectivity index (χ0v) is 26.1. The summed E-state index contributed by atoms with van der Waals surface area (Å²) in [7, 11) is 0.628. The summed E-state index contributed by atoms with van der Waals surface area (Å²) in [4.78, 5) is 41.2. The van der Waals surface area contributed by atoms with E-state index in [9.17, 15) is 14.4 Å². The van der Waals surface area contributed by atoms with Crippen molar-refractivity contribution in [2.24, 2.45) is 10.8 Å². The summed E-state index contributed by atoms with van der Waals surface area (Å²) in [5.41, 5.74) is -3.94. The van der Waals surface area contributed by atoms with Crippen LogP contribution in [0.3, 0.4) is 0 Å². The minimum absolute atomic E-state index is 0. The van der Waals surface area contributed by atoms with Crippen LogP contribution in [0, 0.1) is 18.3 Å². The van der Waals surface area contributed by atoms with Gasteiger partial charge in [-0.2, -0.15) is 0 Å². The Morgan fingerprint density at radius 1 is 0.906 bits per heavy atom. The Balaban J connectivity index is 0.00000121. The summed E-state index contributed by atoms with van der Waals surface area (Å²) in [6, 6.07) is 0. The second-order valence-corrected chi connectivity index (χ2v) is 21.8. The first kappa shape index (κ1) is 30.4. The van der Waals surface area contributed by atoms with Gasteiger partial charge in [0, 0.05) is 18.3 Å². The van der Waals surface area contributed by atoms with E-state index in [1.807, 2.05) is 41.5 Å². The molecule has 0 aliphatic carbocycles. The zero-order chi connectivity index (χ0) is 24.3. The first-order valence-electron chi connectivity index (χ1n) is 9.97. The fraction of sp³-hybridized carbons (Fsp3) is 0.810. The Kier molecular flexibility index (Phi) is 8.97. The van der Waals surface area contributed by atoms with Crippen molar-refractivity contribution in [1.82, 2.24) is 5.06 Å². The number of amides is 2. The van der Waals surface area contributed by atoms with E-state index in [0.717, 1.165) is 0 Å². The van der Waals surface area contributed by atoms with Crippen LogP contribution >= 0.6 is 40.0 Å². The molecule has 0 unspecified atom stereocenters. The molecule has 3 aliphatic heterocycles. The third-order valence-electron chi connectivity index (χ3n) is 8.13. The maximum absolute atomic E-state index is 12.7. The molecule has 32 heavy (non-hydrogen) atoms. The van der Waals surface area contributed by atoms with E-state index in [1.165, 1.54) is 0 Å². The van der Waals surface area contributed by atoms with Gasteiger partial charge in [0.15, 0.2) is 11.4 Å². The molecule has 8 nitrogen and oxygen atoms in total. The number of hydroxylamine groups is 2. The Hall–Kier alpha value is 0.374. The van der Waals surface area contributed by atoms with Crippen molar-refractivity contribution in [1.29, 1.82) is 0 Å². The van der Waals surface area contributed by atoms with Crippen molar-refractivity contribution < 1.29 is 42.9 Å². The Morgan fingerprint density at radius 3 is 1.75 bits per heavy atom. The topological polar surface area (TPSA) is 91.4 Å². The van der Waals surface area contributed by atoms with Crippen LogP contribution < -0.4 is 0 Å². The van der Waals surface area contributed by atoms with E-state index in [2.05, 4.69) is 53.8 Å². The number of hydrogen-bond acceptors (Lipinski definition) is 7. The van der Waals surface area contributed by atoms with Crippen molar-refractivity contribution in [2.75, 3.05) is 0 Å². The summed E-state index contributed by atoms with van der Waals surface area (Å²) in [6.45, 7) is 17.4. The van der Waals surface area contributed by atoms with Crippen molar-refractivity contribution in [2.45, 2.75) is 97.7 Å². The van der Waals surface area contributed by atoms with E-state index < -0.39 is 51.4 Å². The summed E-state index contributed by atoms with van der Waals surface area (Å²) in [6.07, 6.45) is -1.08. The minimum atomic E-state index is -1.19. The van der Waals surface area contributed by atoms with Crippen LogP contribution in [-0.2, 0) is 38.1 Å². The predicted molar refractivity (Wildman–Crippen MR) is 132 cm³/mol. The molecule has 0 radical (unpaired) electrons. The molecular weight excluding hydrogens is 683 g/mol. The molecule has 3 fully saturated rings. The van der Waals surface area contributed by atoms with Crippen LogP contribution in [0.25, 0.3) is 0 Å². The molecular formula is C21H34I2NO7V-. The summed E-state index contributed by atoms with van der Waals surface area (Å²) in [5.74, 6) is -2.15. The van der Waals surface area contributed by atoms with E-state index in [1.54, 1.807) is 6.92 Å². The maximum atomic E-state index is 12.7. The van der Waals surface area contributed by atoms with Crippen molar-refractivity contribution in [3.05, 3.63) is 7.43 Å². The van der Waals surface area contributed by atoms with Crippen LogP contribution in [0.1, 0.15) is 75.2 Å². The van der Waals surface area contributed by atoms with Gasteiger partial charge in [-0.3, -0.25) is 14.4 Å². The number of rotatable bonds is 2. The predicted octanol–water partition coefficient (Wildman–Crippen LogP) is 5.55. The van der Waals surface area contributed by atoms with Gasteiger partial charge in [-0.15, -0.1) is 0 Å². The molecule has 2 amide bonds. The fourth-order valence-electron chi connectivity index (χ4n) is 5.37. The third-order valence-corrected chi connectivity index (χ3v) is 8.13. The van der Waals surface area contributed by atoms with Crippen LogP contribution in [0.2, 0.25) is 0 Å². The van der Waals surface area contributed by atoms with Crippen LogP contribution in [0.4, 0.5) is 4.79 Å². The number of nitrogens with zero attached hydrogens (tertiary/aromatic N) is 1. The number of ether oxygens (including phenoxy) is 3. The Morgan fingerprint density at radius 2 is 1.31 bits per heavy atom. The monoisotopic (exact) mass is 717 g/mol. The number of carbonyl (C=O) groups excluding carboxylic acids is 3. The zero-order valence-electron chi connectivity index (χ0n) is 20.4. The SMILES string of the molecule is CC1(C)O[C@]2(C)OC(C)(C)[C@](C)(OC(=O)ON3C(=O)CCC3=O)[C@]2(C)C1(C)C.[CH3-].[I][V][I]. The summed E-state index contributed by atoms with van der Waals surface area (Å²) < 4.78 is 18.6. The molecule has 3 heterocycles. The molecule has 0 saturated carbocycles. The molecule has 185 valence electrons. The van der Waals surface area contributed by atoms with Crippen LogP contribution in [-0.4, -0.2) is 45.6 Å². The van der Waals surface area contributed by atoms with E-state index >= 15 is 0 Å². The van der Waals surface area contributed by atoms with Gasteiger partial charge in [0.2, 0.25) is 0 Å². The van der Waals surface area contributed by atoms with Gasteiger partial charge in [0.1, 0.15) is 5.60 Å². The van der Waals surface area contributed by atoms with E-state index in [-0.39, 0.29) is 20.3 Å². The number of hydrogen-bond donors (Lipinski definition) is 0. The summed E-state index contributed by atoms with van der Waals surface area (Å²) >= 11 is 4.74. The molecule has 11 heteroatoms. The van der Waals surface area contributed by atoms with Gasteiger partial charge < -0.3 is 21.6 Å². The van der Waals surface area contributed by atoms with Gasteiger partial charge in [-0.05, 0) is 48.5 Å². The van der Waals surface area contributed by atoms with Crippen LogP contribution in [0.5, 0.6) is 0 Å². The molecule has 0 N–H and O–H groups in total. The molecule has 0 aromatic carbocycles. The molecule has 3 rings (SSSR count). The average Bonchev–Trinajstić information content (AvgIpc) is 3.00. The quantitative estimate of drug-likeness (QED) is 0.160. The molecule has 0 aromatic rings.